The van der Waals surface area contributed by atoms with E-state index in [2.05, 4.69) is 25.1 Å². The third-order valence-electron chi connectivity index (χ3n) is 5.46. The highest BCUT2D eigenvalue weighted by Crippen LogP contribution is 2.31. The lowest BCUT2D eigenvalue weighted by Gasteiger charge is -2.22. The van der Waals surface area contributed by atoms with Crippen molar-refractivity contribution in [1.29, 1.82) is 0 Å². The van der Waals surface area contributed by atoms with Crippen LogP contribution in [0.2, 0.25) is 0 Å². The van der Waals surface area contributed by atoms with Crippen molar-refractivity contribution in [3.8, 4) is 0 Å². The van der Waals surface area contributed by atoms with Gasteiger partial charge in [0, 0.05) is 23.8 Å². The molecule has 0 spiro atoms. The lowest BCUT2D eigenvalue weighted by atomic mass is 9.98. The predicted molar refractivity (Wildman–Crippen MR) is 135 cm³/mol. The summed E-state index contributed by atoms with van der Waals surface area (Å²) in [5.41, 5.74) is 4.24. The largest absolute Gasteiger partial charge is 0.534 e. The predicted octanol–water partition coefficient (Wildman–Crippen LogP) is 7.23. The summed E-state index contributed by atoms with van der Waals surface area (Å²) in [6.45, 7) is 8.96. The van der Waals surface area contributed by atoms with Gasteiger partial charge >= 0.3 is 12.2 Å². The quantitative estimate of drug-likeness (QED) is 0.284. The van der Waals surface area contributed by atoms with Crippen molar-refractivity contribution in [1.82, 2.24) is 5.06 Å². The van der Waals surface area contributed by atoms with E-state index in [4.69, 9.17) is 14.0 Å². The normalized spacial score (nSPS) is 12.0. The Bertz CT molecular complexity index is 1200. The summed E-state index contributed by atoms with van der Waals surface area (Å²) >= 11 is 0. The van der Waals surface area contributed by atoms with E-state index < -0.39 is 17.8 Å². The lowest BCUT2D eigenvalue weighted by molar-refractivity contribution is -0.116. The number of hydrogen-bond donors (Lipinski definition) is 1. The lowest BCUT2D eigenvalue weighted by Crippen LogP contribution is -2.35. The Morgan fingerprint density at radius 3 is 2.40 bits per heavy atom. The third-order valence-corrected chi connectivity index (χ3v) is 5.46. The number of amides is 1. The van der Waals surface area contributed by atoms with Gasteiger partial charge in [-0.1, -0.05) is 62.4 Å². The van der Waals surface area contributed by atoms with Crippen LogP contribution in [0.3, 0.4) is 0 Å². The van der Waals surface area contributed by atoms with E-state index in [1.54, 1.807) is 26.8 Å². The average molecular weight is 480 g/mol. The van der Waals surface area contributed by atoms with Gasteiger partial charge in [-0.3, -0.25) is 4.84 Å². The smallest absolute Gasteiger partial charge is 0.463 e. The van der Waals surface area contributed by atoms with Crippen molar-refractivity contribution in [2.75, 3.05) is 6.54 Å². The standard InChI is InChI=1S/C28H33NO6/c1-6-20(15-16-29(26(30)31)35-27(32)34-28(3,4)5)21-13-14-22-23(17-19-11-9-8-10-12-19)24(7-2)33-25(22)18-21/h8-15,18H,6-7,16-17H2,1-5H3,(H,30,31). The molecular weight excluding hydrogens is 446 g/mol. The summed E-state index contributed by atoms with van der Waals surface area (Å²) in [6, 6.07) is 16.3. The van der Waals surface area contributed by atoms with Gasteiger partial charge in [-0.15, -0.1) is 5.06 Å². The Morgan fingerprint density at radius 1 is 1.09 bits per heavy atom. The van der Waals surface area contributed by atoms with E-state index in [0.29, 0.717) is 11.5 Å². The van der Waals surface area contributed by atoms with Crippen molar-refractivity contribution in [2.24, 2.45) is 0 Å². The Labute approximate surface area is 205 Å². The zero-order valence-corrected chi connectivity index (χ0v) is 21.0. The molecule has 1 heterocycles. The maximum Gasteiger partial charge on any atom is 0.534 e. The molecule has 0 aliphatic rings. The molecule has 7 heteroatoms. The number of benzene rings is 2. The van der Waals surface area contributed by atoms with E-state index in [9.17, 15) is 14.7 Å². The molecule has 0 bridgehead atoms. The van der Waals surface area contributed by atoms with Crippen LogP contribution in [0.1, 0.15) is 63.5 Å². The van der Waals surface area contributed by atoms with E-state index in [1.807, 2.05) is 37.3 Å². The second kappa shape index (κ2) is 11.1. The topological polar surface area (TPSA) is 89.2 Å². The number of hydroxylamine groups is 2. The fourth-order valence-electron chi connectivity index (χ4n) is 3.85. The Hall–Kier alpha value is -3.74. The molecule has 0 aliphatic heterocycles. The first-order chi connectivity index (χ1) is 16.6. The number of carbonyl (C=O) groups excluding carboxylic acids is 1. The molecule has 2 aromatic carbocycles. The molecule has 0 saturated carbocycles. The molecule has 3 rings (SSSR count). The Kier molecular flexibility index (Phi) is 8.22. The van der Waals surface area contributed by atoms with Crippen LogP contribution in [0.4, 0.5) is 9.59 Å². The molecule has 0 fully saturated rings. The van der Waals surface area contributed by atoms with Crippen LogP contribution in [0.5, 0.6) is 0 Å². The van der Waals surface area contributed by atoms with Gasteiger partial charge in [0.2, 0.25) is 0 Å². The minimum absolute atomic E-state index is 0.132. The first kappa shape index (κ1) is 25.9. The number of rotatable bonds is 7. The Morgan fingerprint density at radius 2 is 1.80 bits per heavy atom. The van der Waals surface area contributed by atoms with Crippen molar-refractivity contribution in [3.05, 3.63) is 77.1 Å². The number of nitrogens with zero attached hydrogens (tertiary/aromatic N) is 1. The molecule has 0 unspecified atom stereocenters. The summed E-state index contributed by atoms with van der Waals surface area (Å²) in [7, 11) is 0. The molecule has 186 valence electrons. The van der Waals surface area contributed by atoms with E-state index in [1.165, 1.54) is 11.1 Å². The molecule has 3 aromatic rings. The molecule has 35 heavy (non-hydrogen) atoms. The van der Waals surface area contributed by atoms with E-state index in [-0.39, 0.29) is 6.54 Å². The number of furan rings is 1. The van der Waals surface area contributed by atoms with Gasteiger partial charge in [0.25, 0.3) is 0 Å². The highest BCUT2D eigenvalue weighted by atomic mass is 16.8. The number of carboxylic acid groups (broad SMARTS) is 1. The third kappa shape index (κ3) is 6.88. The molecule has 1 amide bonds. The van der Waals surface area contributed by atoms with Crippen molar-refractivity contribution in [2.45, 2.75) is 59.5 Å². The first-order valence-corrected chi connectivity index (χ1v) is 11.8. The number of carbonyl (C=O) groups is 2. The second-order valence-electron chi connectivity index (χ2n) is 9.21. The number of ether oxygens (including phenoxy) is 1. The zero-order chi connectivity index (χ0) is 25.6. The number of allylic oxidation sites excluding steroid dienone is 1. The van der Waals surface area contributed by atoms with Gasteiger partial charge in [-0.2, -0.15) is 0 Å². The van der Waals surface area contributed by atoms with Crippen LogP contribution < -0.4 is 0 Å². The molecule has 0 atom stereocenters. The van der Waals surface area contributed by atoms with Crippen LogP contribution in [-0.4, -0.2) is 34.6 Å². The van der Waals surface area contributed by atoms with Crippen molar-refractivity contribution >= 4 is 28.8 Å². The van der Waals surface area contributed by atoms with Crippen LogP contribution in [0.15, 0.2) is 59.0 Å². The zero-order valence-electron chi connectivity index (χ0n) is 21.0. The van der Waals surface area contributed by atoms with Crippen molar-refractivity contribution in [3.63, 3.8) is 0 Å². The maximum absolute atomic E-state index is 11.9. The molecule has 7 nitrogen and oxygen atoms in total. The van der Waals surface area contributed by atoms with Gasteiger partial charge in [0.05, 0.1) is 6.54 Å². The summed E-state index contributed by atoms with van der Waals surface area (Å²) in [5, 5.41) is 11.1. The SMILES string of the molecule is CCC(=CCN(OC(=O)OC(C)(C)C)C(=O)O)c1ccc2c(Cc3ccccc3)c(CC)oc2c1. The summed E-state index contributed by atoms with van der Waals surface area (Å²) in [6.07, 6.45) is 1.52. The summed E-state index contributed by atoms with van der Waals surface area (Å²) in [4.78, 5) is 28.4. The fraction of sp³-hybridized carbons (Fsp3) is 0.357. The highest BCUT2D eigenvalue weighted by molar-refractivity contribution is 5.86. The summed E-state index contributed by atoms with van der Waals surface area (Å²) < 4.78 is 11.3. The molecule has 1 aromatic heterocycles. The molecule has 0 saturated heterocycles. The van der Waals surface area contributed by atoms with Crippen LogP contribution in [0.25, 0.3) is 16.5 Å². The molecule has 0 aliphatic carbocycles. The monoisotopic (exact) mass is 479 g/mol. The van der Waals surface area contributed by atoms with E-state index in [0.717, 1.165) is 40.7 Å². The fourth-order valence-corrected chi connectivity index (χ4v) is 3.85. The number of fused-ring (bicyclic) bond motifs is 1. The minimum Gasteiger partial charge on any atom is -0.463 e. The number of aryl methyl sites for hydroxylation is 1. The van der Waals surface area contributed by atoms with Gasteiger partial charge in [-0.25, -0.2) is 9.59 Å². The van der Waals surface area contributed by atoms with Gasteiger partial charge < -0.3 is 14.3 Å². The highest BCUT2D eigenvalue weighted by Gasteiger charge is 2.23. The van der Waals surface area contributed by atoms with Gasteiger partial charge in [0.1, 0.15) is 16.9 Å². The van der Waals surface area contributed by atoms with Crippen LogP contribution >= 0.6 is 0 Å². The maximum atomic E-state index is 11.9. The van der Waals surface area contributed by atoms with Gasteiger partial charge in [0.15, 0.2) is 0 Å². The van der Waals surface area contributed by atoms with Crippen molar-refractivity contribution < 1.29 is 28.7 Å². The minimum atomic E-state index is -1.39. The van der Waals surface area contributed by atoms with E-state index >= 15 is 0 Å². The van der Waals surface area contributed by atoms with Gasteiger partial charge in [-0.05, 0) is 50.0 Å². The average Bonchev–Trinajstić information content (AvgIpc) is 3.14. The summed E-state index contributed by atoms with van der Waals surface area (Å²) in [5.74, 6) is 0.964. The molecule has 0 radical (unpaired) electrons. The molecule has 1 N–H and O–H groups in total. The van der Waals surface area contributed by atoms with Crippen LogP contribution in [-0.2, 0) is 22.4 Å². The Balaban J connectivity index is 1.84. The first-order valence-electron chi connectivity index (χ1n) is 11.8. The number of hydrogen-bond acceptors (Lipinski definition) is 5. The molecular formula is C28H33NO6. The van der Waals surface area contributed by atoms with Crippen LogP contribution in [0, 0.1) is 0 Å². The second-order valence-corrected chi connectivity index (χ2v) is 9.21.